The lowest BCUT2D eigenvalue weighted by molar-refractivity contribution is -0.122. The lowest BCUT2D eigenvalue weighted by Crippen LogP contribution is -2.30. The third-order valence-corrected chi connectivity index (χ3v) is 3.71. The fraction of sp³-hybridized carbons (Fsp3) is 0.118. The summed E-state index contributed by atoms with van der Waals surface area (Å²) in [6, 6.07) is 11.8. The number of carbonyl (C=O) groups is 1. The van der Waals surface area contributed by atoms with E-state index >= 15 is 0 Å². The fourth-order valence-electron chi connectivity index (χ4n) is 2.10. The first kappa shape index (κ1) is 17.3. The van der Waals surface area contributed by atoms with Gasteiger partial charge in [0.1, 0.15) is 5.75 Å². The number of halogens is 2. The number of benzene rings is 2. The first-order chi connectivity index (χ1) is 12.0. The number of hydrogen-bond donors (Lipinski definition) is 1. The number of ether oxygens (including phenoxy) is 1. The number of rotatable bonds is 5. The maximum Gasteiger partial charge on any atom is 0.265 e. The minimum absolute atomic E-state index is 0.320. The maximum atomic E-state index is 12.2. The SMILES string of the molecule is C[C@@H](Oc1ccc(-c2nnco2)cc1)C(=O)Nc1cc(Cl)cc(Cl)c1. The van der Waals surface area contributed by atoms with Gasteiger partial charge in [-0.25, -0.2) is 0 Å². The summed E-state index contributed by atoms with van der Waals surface area (Å²) in [5.74, 6) is 0.629. The Bertz CT molecular complexity index is 847. The van der Waals surface area contributed by atoms with E-state index in [-0.39, 0.29) is 5.91 Å². The first-order valence-corrected chi connectivity index (χ1v) is 8.07. The molecule has 0 spiro atoms. The Morgan fingerprint density at radius 3 is 2.44 bits per heavy atom. The lowest BCUT2D eigenvalue weighted by atomic mass is 10.2. The van der Waals surface area contributed by atoms with Gasteiger partial charge in [-0.2, -0.15) is 0 Å². The lowest BCUT2D eigenvalue weighted by Gasteiger charge is -2.15. The zero-order chi connectivity index (χ0) is 17.8. The highest BCUT2D eigenvalue weighted by Crippen LogP contribution is 2.23. The summed E-state index contributed by atoms with van der Waals surface area (Å²) in [6.45, 7) is 1.65. The maximum absolute atomic E-state index is 12.2. The Labute approximate surface area is 153 Å². The molecule has 1 aromatic heterocycles. The normalized spacial score (nSPS) is 11.8. The van der Waals surface area contributed by atoms with Gasteiger partial charge in [-0.3, -0.25) is 4.79 Å². The van der Waals surface area contributed by atoms with Crippen LogP contribution in [-0.4, -0.2) is 22.2 Å². The predicted molar refractivity (Wildman–Crippen MR) is 94.9 cm³/mol. The van der Waals surface area contributed by atoms with E-state index < -0.39 is 6.10 Å². The van der Waals surface area contributed by atoms with Crippen LogP contribution in [0.1, 0.15) is 6.92 Å². The predicted octanol–water partition coefficient (Wildman–Crippen LogP) is 4.45. The molecular weight excluding hydrogens is 365 g/mol. The van der Waals surface area contributed by atoms with Crippen LogP contribution in [-0.2, 0) is 4.79 Å². The topological polar surface area (TPSA) is 77.2 Å². The summed E-state index contributed by atoms with van der Waals surface area (Å²) >= 11 is 11.8. The summed E-state index contributed by atoms with van der Waals surface area (Å²) in [7, 11) is 0. The zero-order valence-electron chi connectivity index (χ0n) is 13.1. The van der Waals surface area contributed by atoms with Crippen molar-refractivity contribution < 1.29 is 13.9 Å². The van der Waals surface area contributed by atoms with Gasteiger partial charge < -0.3 is 14.5 Å². The van der Waals surface area contributed by atoms with Gasteiger partial charge >= 0.3 is 0 Å². The third-order valence-electron chi connectivity index (χ3n) is 3.27. The van der Waals surface area contributed by atoms with Gasteiger partial charge in [-0.15, -0.1) is 10.2 Å². The van der Waals surface area contributed by atoms with Gasteiger partial charge in [0.15, 0.2) is 6.10 Å². The number of nitrogens with one attached hydrogen (secondary N) is 1. The highest BCUT2D eigenvalue weighted by Gasteiger charge is 2.15. The number of amides is 1. The third kappa shape index (κ3) is 4.49. The van der Waals surface area contributed by atoms with Crippen molar-refractivity contribution in [1.82, 2.24) is 10.2 Å². The van der Waals surface area contributed by atoms with Crippen LogP contribution in [0.5, 0.6) is 5.75 Å². The molecule has 0 aliphatic heterocycles. The molecule has 128 valence electrons. The van der Waals surface area contributed by atoms with E-state index in [0.29, 0.717) is 27.4 Å². The fourth-order valence-corrected chi connectivity index (χ4v) is 2.63. The molecule has 1 N–H and O–H groups in total. The Morgan fingerprint density at radius 2 is 1.84 bits per heavy atom. The molecule has 0 fully saturated rings. The molecule has 1 heterocycles. The van der Waals surface area contributed by atoms with E-state index in [4.69, 9.17) is 32.4 Å². The molecule has 25 heavy (non-hydrogen) atoms. The second-order valence-electron chi connectivity index (χ2n) is 5.18. The standard InChI is InChI=1S/C17H13Cl2N3O3/c1-10(16(23)21-14-7-12(18)6-13(19)8-14)25-15-4-2-11(3-5-15)17-22-20-9-24-17/h2-10H,1H3,(H,21,23)/t10-/m1/s1. The molecule has 0 saturated carbocycles. The molecule has 1 atom stereocenters. The van der Waals surface area contributed by atoms with Crippen molar-refractivity contribution in [2.24, 2.45) is 0 Å². The molecule has 0 unspecified atom stereocenters. The van der Waals surface area contributed by atoms with Crippen molar-refractivity contribution in [3.8, 4) is 17.2 Å². The quantitative estimate of drug-likeness (QED) is 0.710. The van der Waals surface area contributed by atoms with Crippen molar-refractivity contribution in [3.63, 3.8) is 0 Å². The number of aromatic nitrogens is 2. The second-order valence-corrected chi connectivity index (χ2v) is 6.05. The molecule has 1 amide bonds. The number of nitrogens with zero attached hydrogens (tertiary/aromatic N) is 2. The van der Waals surface area contributed by atoms with Crippen LogP contribution >= 0.6 is 23.2 Å². The highest BCUT2D eigenvalue weighted by molar-refractivity contribution is 6.35. The van der Waals surface area contributed by atoms with E-state index in [1.165, 1.54) is 6.39 Å². The van der Waals surface area contributed by atoms with Gasteiger partial charge in [0.25, 0.3) is 5.91 Å². The van der Waals surface area contributed by atoms with E-state index in [9.17, 15) is 4.79 Å². The van der Waals surface area contributed by atoms with Crippen LogP contribution in [0.25, 0.3) is 11.5 Å². The molecular formula is C17H13Cl2N3O3. The Balaban J connectivity index is 1.63. The molecule has 0 radical (unpaired) electrons. The van der Waals surface area contributed by atoms with Gasteiger partial charge in [0, 0.05) is 21.3 Å². The minimum Gasteiger partial charge on any atom is -0.481 e. The van der Waals surface area contributed by atoms with Crippen molar-refractivity contribution in [2.45, 2.75) is 13.0 Å². The van der Waals surface area contributed by atoms with Crippen LogP contribution in [0.4, 0.5) is 5.69 Å². The summed E-state index contributed by atoms with van der Waals surface area (Å²) in [6.07, 6.45) is 0.542. The van der Waals surface area contributed by atoms with Crippen LogP contribution < -0.4 is 10.1 Å². The molecule has 3 rings (SSSR count). The summed E-state index contributed by atoms with van der Waals surface area (Å²) in [5, 5.41) is 11.0. The Kier molecular flexibility index (Phi) is 5.21. The van der Waals surface area contributed by atoms with Crippen molar-refractivity contribution in [2.75, 3.05) is 5.32 Å². The molecule has 0 aliphatic carbocycles. The monoisotopic (exact) mass is 377 g/mol. The van der Waals surface area contributed by atoms with Crippen molar-refractivity contribution >= 4 is 34.8 Å². The largest absolute Gasteiger partial charge is 0.481 e. The molecule has 3 aromatic rings. The van der Waals surface area contributed by atoms with Crippen LogP contribution in [0, 0.1) is 0 Å². The summed E-state index contributed by atoms with van der Waals surface area (Å²) in [4.78, 5) is 12.2. The summed E-state index contributed by atoms with van der Waals surface area (Å²) < 4.78 is 10.8. The zero-order valence-corrected chi connectivity index (χ0v) is 14.6. The molecule has 8 heteroatoms. The van der Waals surface area contributed by atoms with E-state index in [1.807, 2.05) is 0 Å². The Morgan fingerprint density at radius 1 is 1.16 bits per heavy atom. The molecule has 6 nitrogen and oxygen atoms in total. The minimum atomic E-state index is -0.716. The number of hydrogen-bond acceptors (Lipinski definition) is 5. The van der Waals surface area contributed by atoms with E-state index in [0.717, 1.165) is 5.56 Å². The second kappa shape index (κ2) is 7.55. The summed E-state index contributed by atoms with van der Waals surface area (Å²) in [5.41, 5.74) is 1.26. The molecule has 0 aliphatic rings. The van der Waals surface area contributed by atoms with Crippen LogP contribution in [0.3, 0.4) is 0 Å². The van der Waals surface area contributed by atoms with Gasteiger partial charge in [0.05, 0.1) is 0 Å². The number of carbonyl (C=O) groups excluding carboxylic acids is 1. The average Bonchev–Trinajstić information content (AvgIpc) is 3.09. The van der Waals surface area contributed by atoms with E-state index in [1.54, 1.807) is 49.4 Å². The van der Waals surface area contributed by atoms with Crippen LogP contribution in [0.15, 0.2) is 53.3 Å². The molecule has 2 aromatic carbocycles. The number of anilines is 1. The Hall–Kier alpha value is -2.57. The van der Waals surface area contributed by atoms with Gasteiger partial charge in [-0.1, -0.05) is 23.2 Å². The van der Waals surface area contributed by atoms with Crippen molar-refractivity contribution in [3.05, 3.63) is 58.9 Å². The molecule has 0 bridgehead atoms. The first-order valence-electron chi connectivity index (χ1n) is 7.31. The molecule has 0 saturated heterocycles. The van der Waals surface area contributed by atoms with E-state index in [2.05, 4.69) is 15.5 Å². The van der Waals surface area contributed by atoms with Gasteiger partial charge in [-0.05, 0) is 49.4 Å². The van der Waals surface area contributed by atoms with Gasteiger partial charge in [0.2, 0.25) is 12.3 Å². The van der Waals surface area contributed by atoms with Crippen molar-refractivity contribution in [1.29, 1.82) is 0 Å². The average molecular weight is 378 g/mol. The smallest absolute Gasteiger partial charge is 0.265 e. The van der Waals surface area contributed by atoms with Crippen LogP contribution in [0.2, 0.25) is 10.0 Å². The highest BCUT2D eigenvalue weighted by atomic mass is 35.5.